The van der Waals surface area contributed by atoms with Crippen LogP contribution in [0.2, 0.25) is 4.34 Å². The molecule has 1 nitrogen and oxygen atoms in total. The van der Waals surface area contributed by atoms with Crippen LogP contribution >= 0.6 is 34.5 Å². The van der Waals surface area contributed by atoms with Crippen LogP contribution in [0.15, 0.2) is 11.4 Å². The summed E-state index contributed by atoms with van der Waals surface area (Å²) >= 11 is 13.8. The molecule has 4 heteroatoms. The minimum Gasteiger partial charge on any atom is -0.309 e. The highest BCUT2D eigenvalue weighted by Crippen LogP contribution is 2.44. The van der Waals surface area contributed by atoms with Gasteiger partial charge in [0, 0.05) is 18.0 Å². The first kappa shape index (κ1) is 11.7. The number of thiophene rings is 1. The Morgan fingerprint density at radius 2 is 2.33 bits per heavy atom. The number of nitrogens with one attached hydrogen (secondary N) is 1. The summed E-state index contributed by atoms with van der Waals surface area (Å²) in [6.45, 7) is 5.27. The monoisotopic (exact) mass is 263 g/mol. The van der Waals surface area contributed by atoms with E-state index in [4.69, 9.17) is 23.2 Å². The molecule has 2 atom stereocenters. The molecule has 15 heavy (non-hydrogen) atoms. The zero-order valence-electron chi connectivity index (χ0n) is 8.89. The summed E-state index contributed by atoms with van der Waals surface area (Å²) in [4.78, 5) is 0. The Bertz CT molecular complexity index is 348. The quantitative estimate of drug-likeness (QED) is 0.816. The van der Waals surface area contributed by atoms with Gasteiger partial charge in [0.2, 0.25) is 0 Å². The van der Waals surface area contributed by atoms with Gasteiger partial charge in [0.1, 0.15) is 0 Å². The van der Waals surface area contributed by atoms with Crippen molar-refractivity contribution >= 4 is 34.5 Å². The van der Waals surface area contributed by atoms with E-state index in [0.29, 0.717) is 11.4 Å². The van der Waals surface area contributed by atoms with E-state index in [2.05, 4.69) is 25.2 Å². The minimum absolute atomic E-state index is 0.198. The summed E-state index contributed by atoms with van der Waals surface area (Å²) in [5.41, 5.74) is 1.39. The molecule has 0 bridgehead atoms. The summed E-state index contributed by atoms with van der Waals surface area (Å²) in [7, 11) is 0. The maximum Gasteiger partial charge on any atom is 0.0973 e. The van der Waals surface area contributed by atoms with Crippen molar-refractivity contribution in [1.82, 2.24) is 5.32 Å². The Kier molecular flexibility index (Phi) is 3.32. The molecule has 1 N–H and O–H groups in total. The first-order valence-electron chi connectivity index (χ1n) is 5.11. The molecule has 1 aliphatic carbocycles. The van der Waals surface area contributed by atoms with Crippen LogP contribution in [0.25, 0.3) is 0 Å². The second-order valence-electron chi connectivity index (χ2n) is 4.68. The Morgan fingerprint density at radius 3 is 2.80 bits per heavy atom. The Labute approximate surface area is 105 Å². The lowest BCUT2D eigenvalue weighted by molar-refractivity contribution is 0.115. The summed E-state index contributed by atoms with van der Waals surface area (Å²) in [6, 6.07) is 2.58. The van der Waals surface area contributed by atoms with E-state index in [9.17, 15) is 0 Å². The van der Waals surface area contributed by atoms with Gasteiger partial charge >= 0.3 is 0 Å². The highest BCUT2D eigenvalue weighted by Gasteiger charge is 2.46. The third-order valence-electron chi connectivity index (χ3n) is 3.38. The topological polar surface area (TPSA) is 12.0 Å². The van der Waals surface area contributed by atoms with Crippen LogP contribution in [0, 0.1) is 5.41 Å². The van der Waals surface area contributed by atoms with Gasteiger partial charge in [-0.15, -0.1) is 22.9 Å². The van der Waals surface area contributed by atoms with Crippen LogP contribution in [0.3, 0.4) is 0 Å². The average molecular weight is 264 g/mol. The van der Waals surface area contributed by atoms with Crippen LogP contribution in [0.1, 0.15) is 25.8 Å². The van der Waals surface area contributed by atoms with Gasteiger partial charge in [-0.25, -0.2) is 0 Å². The maximum absolute atomic E-state index is 6.16. The summed E-state index contributed by atoms with van der Waals surface area (Å²) in [6.07, 6.45) is 1.05. The molecule has 2 unspecified atom stereocenters. The van der Waals surface area contributed by atoms with Gasteiger partial charge in [0.15, 0.2) is 0 Å². The van der Waals surface area contributed by atoms with Crippen LogP contribution < -0.4 is 5.32 Å². The van der Waals surface area contributed by atoms with E-state index >= 15 is 0 Å². The van der Waals surface area contributed by atoms with Crippen LogP contribution in [0.5, 0.6) is 0 Å². The van der Waals surface area contributed by atoms with Crippen molar-refractivity contribution in [1.29, 1.82) is 0 Å². The van der Waals surface area contributed by atoms with Gasteiger partial charge in [-0.2, -0.15) is 0 Å². The third-order valence-corrected chi connectivity index (χ3v) is 5.37. The zero-order chi connectivity index (χ0) is 11.1. The largest absolute Gasteiger partial charge is 0.309 e. The molecule has 1 aliphatic rings. The lowest BCUT2D eigenvalue weighted by Gasteiger charge is -2.49. The average Bonchev–Trinajstić information content (AvgIpc) is 2.58. The van der Waals surface area contributed by atoms with E-state index in [-0.39, 0.29) is 5.41 Å². The molecule has 0 amide bonds. The Morgan fingerprint density at radius 1 is 1.60 bits per heavy atom. The molecular formula is C11H15Cl2NS. The van der Waals surface area contributed by atoms with Gasteiger partial charge < -0.3 is 5.32 Å². The number of halogens is 2. The van der Waals surface area contributed by atoms with Gasteiger partial charge in [0.05, 0.1) is 4.34 Å². The number of alkyl halides is 1. The van der Waals surface area contributed by atoms with Crippen molar-refractivity contribution in [3.05, 3.63) is 21.3 Å². The standard InChI is InChI=1S/C11H15Cl2NS/c1-11(2)8(12)5-9(11)14-6-7-3-4-15-10(7)13/h3-4,8-9,14H,5-6H2,1-2H3. The van der Waals surface area contributed by atoms with Crippen molar-refractivity contribution in [3.8, 4) is 0 Å². The van der Waals surface area contributed by atoms with Gasteiger partial charge in [-0.3, -0.25) is 0 Å². The summed E-state index contributed by atoms with van der Waals surface area (Å²) < 4.78 is 0.891. The van der Waals surface area contributed by atoms with E-state index in [1.807, 2.05) is 5.38 Å². The number of hydrogen-bond acceptors (Lipinski definition) is 2. The lowest BCUT2D eigenvalue weighted by Crippen LogP contribution is -2.57. The first-order chi connectivity index (χ1) is 7.01. The van der Waals surface area contributed by atoms with E-state index in [1.165, 1.54) is 5.56 Å². The first-order valence-corrected chi connectivity index (χ1v) is 6.80. The van der Waals surface area contributed by atoms with Crippen LogP contribution in [-0.2, 0) is 6.54 Å². The fraction of sp³-hybridized carbons (Fsp3) is 0.636. The molecule has 1 fully saturated rings. The van der Waals surface area contributed by atoms with E-state index in [0.717, 1.165) is 17.3 Å². The normalized spacial score (nSPS) is 28.8. The predicted molar refractivity (Wildman–Crippen MR) is 68.0 cm³/mol. The Hall–Kier alpha value is 0.240. The fourth-order valence-corrected chi connectivity index (χ4v) is 3.16. The van der Waals surface area contributed by atoms with Crippen molar-refractivity contribution < 1.29 is 0 Å². The minimum atomic E-state index is 0.198. The second kappa shape index (κ2) is 4.25. The third kappa shape index (κ3) is 2.19. The zero-order valence-corrected chi connectivity index (χ0v) is 11.2. The van der Waals surface area contributed by atoms with Crippen LogP contribution in [-0.4, -0.2) is 11.4 Å². The maximum atomic E-state index is 6.16. The van der Waals surface area contributed by atoms with E-state index in [1.54, 1.807) is 11.3 Å². The molecule has 1 heterocycles. The van der Waals surface area contributed by atoms with Crippen molar-refractivity contribution in [2.75, 3.05) is 0 Å². The molecule has 2 rings (SSSR count). The molecule has 0 spiro atoms. The number of rotatable bonds is 3. The number of hydrogen-bond donors (Lipinski definition) is 1. The summed E-state index contributed by atoms with van der Waals surface area (Å²) in [5.74, 6) is 0. The van der Waals surface area contributed by atoms with Gasteiger partial charge in [-0.05, 0) is 28.8 Å². The fourth-order valence-electron chi connectivity index (χ4n) is 1.90. The second-order valence-corrected chi connectivity index (χ2v) is 6.72. The highest BCUT2D eigenvalue weighted by atomic mass is 35.5. The molecule has 1 aromatic rings. The smallest absolute Gasteiger partial charge is 0.0973 e. The molecule has 0 saturated heterocycles. The molecule has 84 valence electrons. The molecular weight excluding hydrogens is 249 g/mol. The highest BCUT2D eigenvalue weighted by molar-refractivity contribution is 7.14. The van der Waals surface area contributed by atoms with Crippen LogP contribution in [0.4, 0.5) is 0 Å². The Balaban J connectivity index is 1.88. The molecule has 0 aromatic carbocycles. The van der Waals surface area contributed by atoms with Gasteiger partial charge in [0.25, 0.3) is 0 Å². The van der Waals surface area contributed by atoms with Crippen molar-refractivity contribution in [3.63, 3.8) is 0 Å². The van der Waals surface area contributed by atoms with Gasteiger partial charge in [-0.1, -0.05) is 25.4 Å². The van der Waals surface area contributed by atoms with Crippen molar-refractivity contribution in [2.45, 2.75) is 38.2 Å². The van der Waals surface area contributed by atoms with Crippen molar-refractivity contribution in [2.24, 2.45) is 5.41 Å². The van der Waals surface area contributed by atoms with E-state index < -0.39 is 0 Å². The molecule has 0 radical (unpaired) electrons. The predicted octanol–water partition coefficient (Wildman–Crippen LogP) is 3.90. The summed E-state index contributed by atoms with van der Waals surface area (Å²) in [5, 5.41) is 5.84. The molecule has 1 saturated carbocycles. The SMILES string of the molecule is CC1(C)C(Cl)CC1NCc1ccsc1Cl. The molecule has 0 aliphatic heterocycles. The molecule has 1 aromatic heterocycles. The lowest BCUT2D eigenvalue weighted by atomic mass is 9.67.